The molecule has 0 radical (unpaired) electrons. The molecule has 7 heteroatoms. The van der Waals surface area contributed by atoms with Gasteiger partial charge in [0.15, 0.2) is 0 Å². The van der Waals surface area contributed by atoms with E-state index >= 15 is 0 Å². The van der Waals surface area contributed by atoms with Gasteiger partial charge >= 0.3 is 6.09 Å². The highest BCUT2D eigenvalue weighted by Gasteiger charge is 2.28. The van der Waals surface area contributed by atoms with Crippen LogP contribution in [0.25, 0.3) is 11.1 Å². The summed E-state index contributed by atoms with van der Waals surface area (Å²) in [5.41, 5.74) is 4.80. The Balaban J connectivity index is 1.36. The highest BCUT2D eigenvalue weighted by Crippen LogP contribution is 2.44. The normalized spacial score (nSPS) is 11.5. The van der Waals surface area contributed by atoms with Gasteiger partial charge in [-0.1, -0.05) is 60.4 Å². The third-order valence-corrected chi connectivity index (χ3v) is 5.18. The predicted molar refractivity (Wildman–Crippen MR) is 118 cm³/mol. The van der Waals surface area contributed by atoms with Gasteiger partial charge in [-0.05, 0) is 28.3 Å². The van der Waals surface area contributed by atoms with Gasteiger partial charge < -0.3 is 10.1 Å². The average molecular weight is 426 g/mol. The summed E-state index contributed by atoms with van der Waals surface area (Å²) >= 11 is 0. The molecule has 0 atom stereocenters. The van der Waals surface area contributed by atoms with E-state index in [1.807, 2.05) is 36.4 Å². The van der Waals surface area contributed by atoms with Crippen LogP contribution < -0.4 is 5.32 Å². The summed E-state index contributed by atoms with van der Waals surface area (Å²) in [6.45, 7) is 0.191. The molecule has 158 valence electrons. The summed E-state index contributed by atoms with van der Waals surface area (Å²) < 4.78 is 5.43. The van der Waals surface area contributed by atoms with Gasteiger partial charge in [0.05, 0.1) is 11.5 Å². The molecule has 1 amide bonds. The Morgan fingerprint density at radius 2 is 1.72 bits per heavy atom. The van der Waals surface area contributed by atoms with Crippen LogP contribution in [0.3, 0.4) is 0 Å². The second-order valence-corrected chi connectivity index (χ2v) is 7.17. The van der Waals surface area contributed by atoms with Gasteiger partial charge in [-0.2, -0.15) is 0 Å². The number of aldehydes is 1. The number of hydrogen-bond acceptors (Lipinski definition) is 5. The minimum absolute atomic E-state index is 0.00418. The number of rotatable bonds is 5. The monoisotopic (exact) mass is 426 g/mol. The molecule has 0 unspecified atom stereocenters. The van der Waals surface area contributed by atoms with Crippen molar-refractivity contribution in [3.8, 4) is 23.0 Å². The van der Waals surface area contributed by atoms with Crippen LogP contribution in [0.4, 0.5) is 10.5 Å². The number of fused-ring (bicyclic) bond motifs is 3. The van der Waals surface area contributed by atoms with E-state index in [0.29, 0.717) is 11.8 Å². The number of nitrogens with one attached hydrogen (secondary N) is 1. The van der Waals surface area contributed by atoms with Crippen molar-refractivity contribution >= 4 is 18.1 Å². The van der Waals surface area contributed by atoms with Crippen molar-refractivity contribution in [1.29, 1.82) is 0 Å². The van der Waals surface area contributed by atoms with Crippen molar-refractivity contribution in [1.82, 2.24) is 5.32 Å². The van der Waals surface area contributed by atoms with Crippen LogP contribution in [0.1, 0.15) is 33.0 Å². The van der Waals surface area contributed by atoms with Crippen LogP contribution >= 0.6 is 0 Å². The highest BCUT2D eigenvalue weighted by molar-refractivity contribution is 5.79. The van der Waals surface area contributed by atoms with Crippen LogP contribution in [0, 0.1) is 22.0 Å². The molecule has 0 aliphatic heterocycles. The minimum Gasteiger partial charge on any atom is -0.449 e. The number of carbonyl (C=O) groups is 2. The van der Waals surface area contributed by atoms with E-state index in [-0.39, 0.29) is 30.3 Å². The third-order valence-electron chi connectivity index (χ3n) is 5.18. The summed E-state index contributed by atoms with van der Waals surface area (Å²) in [4.78, 5) is 33.4. The van der Waals surface area contributed by atoms with Gasteiger partial charge in [-0.3, -0.25) is 14.9 Å². The Morgan fingerprint density at radius 3 is 2.34 bits per heavy atom. The molecule has 3 aromatic carbocycles. The van der Waals surface area contributed by atoms with Crippen LogP contribution in [0.15, 0.2) is 66.7 Å². The lowest BCUT2D eigenvalue weighted by atomic mass is 9.98. The lowest BCUT2D eigenvalue weighted by molar-refractivity contribution is -0.384. The van der Waals surface area contributed by atoms with E-state index in [2.05, 4.69) is 29.3 Å². The molecular formula is C25H18N2O5. The summed E-state index contributed by atoms with van der Waals surface area (Å²) in [5, 5.41) is 13.5. The van der Waals surface area contributed by atoms with Crippen molar-refractivity contribution in [3.05, 3.63) is 99.1 Å². The quantitative estimate of drug-likeness (QED) is 0.284. The number of nitro benzene ring substituents is 1. The molecule has 7 nitrogen and oxygen atoms in total. The molecule has 0 saturated carbocycles. The van der Waals surface area contributed by atoms with Crippen molar-refractivity contribution in [2.24, 2.45) is 0 Å². The summed E-state index contributed by atoms with van der Waals surface area (Å²) in [5.74, 6) is 5.38. The van der Waals surface area contributed by atoms with E-state index in [9.17, 15) is 19.7 Å². The van der Waals surface area contributed by atoms with E-state index in [1.54, 1.807) is 0 Å². The first-order chi connectivity index (χ1) is 15.6. The molecule has 32 heavy (non-hydrogen) atoms. The fourth-order valence-electron chi connectivity index (χ4n) is 3.79. The zero-order chi connectivity index (χ0) is 22.5. The van der Waals surface area contributed by atoms with Crippen LogP contribution in [-0.4, -0.2) is 30.5 Å². The zero-order valence-electron chi connectivity index (χ0n) is 16.9. The largest absolute Gasteiger partial charge is 0.449 e. The Bertz CT molecular complexity index is 1230. The topological polar surface area (TPSA) is 98.5 Å². The molecule has 0 saturated heterocycles. The first-order valence-corrected chi connectivity index (χ1v) is 9.89. The maximum atomic E-state index is 12.1. The van der Waals surface area contributed by atoms with E-state index in [0.717, 1.165) is 22.3 Å². The smallest absolute Gasteiger partial charge is 0.407 e. The SMILES string of the molecule is O=Cc1cc(C#CCNC(=O)OCC2c3ccccc3-c3ccccc32)cc([N+](=O)[O-])c1. The summed E-state index contributed by atoms with van der Waals surface area (Å²) in [6, 6.07) is 20.0. The first kappa shape index (κ1) is 20.8. The lowest BCUT2D eigenvalue weighted by Gasteiger charge is -2.14. The molecule has 0 bridgehead atoms. The molecule has 1 aliphatic rings. The van der Waals surface area contributed by atoms with Crippen LogP contribution in [0.2, 0.25) is 0 Å². The van der Waals surface area contributed by atoms with Crippen LogP contribution in [-0.2, 0) is 4.74 Å². The molecule has 0 fully saturated rings. The van der Waals surface area contributed by atoms with Crippen LogP contribution in [0.5, 0.6) is 0 Å². The average Bonchev–Trinajstić information content (AvgIpc) is 3.14. The van der Waals surface area contributed by atoms with Gasteiger partial charge in [-0.25, -0.2) is 4.79 Å². The number of ether oxygens (including phenoxy) is 1. The Hall–Kier alpha value is -4.44. The number of hydrogen-bond donors (Lipinski definition) is 1. The minimum atomic E-state index is -0.603. The van der Waals surface area contributed by atoms with Crippen molar-refractivity contribution in [3.63, 3.8) is 0 Å². The maximum Gasteiger partial charge on any atom is 0.407 e. The Morgan fingerprint density at radius 1 is 1.06 bits per heavy atom. The van der Waals surface area contributed by atoms with Gasteiger partial charge in [-0.15, -0.1) is 0 Å². The summed E-state index contributed by atoms with van der Waals surface area (Å²) in [6.07, 6.45) is -0.0820. The van der Waals surface area contributed by atoms with Crippen molar-refractivity contribution in [2.45, 2.75) is 5.92 Å². The first-order valence-electron chi connectivity index (χ1n) is 9.89. The molecule has 4 rings (SSSR count). The summed E-state index contributed by atoms with van der Waals surface area (Å²) in [7, 11) is 0. The molecule has 0 spiro atoms. The zero-order valence-corrected chi connectivity index (χ0v) is 16.9. The molecule has 0 heterocycles. The fourth-order valence-corrected chi connectivity index (χ4v) is 3.79. The predicted octanol–water partition coefficient (Wildman–Crippen LogP) is 4.30. The molecule has 3 aromatic rings. The number of benzene rings is 3. The highest BCUT2D eigenvalue weighted by atomic mass is 16.6. The van der Waals surface area contributed by atoms with Gasteiger partial charge in [0.25, 0.3) is 5.69 Å². The number of non-ortho nitro benzene ring substituents is 1. The van der Waals surface area contributed by atoms with Gasteiger partial charge in [0.2, 0.25) is 0 Å². The molecule has 1 N–H and O–H groups in total. The van der Waals surface area contributed by atoms with Crippen molar-refractivity contribution in [2.75, 3.05) is 13.2 Å². The number of nitro groups is 1. The maximum absolute atomic E-state index is 12.1. The Labute approximate surface area is 184 Å². The van der Waals surface area contributed by atoms with E-state index in [4.69, 9.17) is 4.74 Å². The molecular weight excluding hydrogens is 408 g/mol. The molecule has 1 aliphatic carbocycles. The number of nitrogens with zero attached hydrogens (tertiary/aromatic N) is 1. The van der Waals surface area contributed by atoms with Gasteiger partial charge in [0.1, 0.15) is 12.9 Å². The third kappa shape index (κ3) is 4.35. The second kappa shape index (κ2) is 9.14. The number of alkyl carbamates (subject to hydrolysis) is 1. The standard InChI is InChI=1S/C25H18N2O5/c28-15-18-12-17(13-19(14-18)27(30)31)6-5-11-26-25(29)32-16-24-22-9-3-1-7-20(22)21-8-2-4-10-23(21)24/h1-4,7-10,12-15,24H,11,16H2,(H,26,29). The second-order valence-electron chi connectivity index (χ2n) is 7.17. The van der Waals surface area contributed by atoms with Gasteiger partial charge in [0, 0.05) is 29.2 Å². The van der Waals surface area contributed by atoms with Crippen molar-refractivity contribution < 1.29 is 19.2 Å². The van der Waals surface area contributed by atoms with E-state index in [1.165, 1.54) is 18.2 Å². The number of amides is 1. The molecule has 0 aromatic heterocycles. The fraction of sp³-hybridized carbons (Fsp3) is 0.120. The lowest BCUT2D eigenvalue weighted by Crippen LogP contribution is -2.26. The number of carbonyl (C=O) groups excluding carboxylic acids is 2. The van der Waals surface area contributed by atoms with E-state index < -0.39 is 11.0 Å². The Kier molecular flexibility index (Phi) is 5.95.